The van der Waals surface area contributed by atoms with Crippen molar-refractivity contribution in [3.63, 3.8) is 0 Å². The fourth-order valence-electron chi connectivity index (χ4n) is 4.09. The van der Waals surface area contributed by atoms with Gasteiger partial charge in [-0.2, -0.15) is 0 Å². The Morgan fingerprint density at radius 1 is 1.22 bits per heavy atom. The molecular weight excluding hydrogens is 489 g/mol. The van der Waals surface area contributed by atoms with Gasteiger partial charge in [0.1, 0.15) is 17.3 Å². The summed E-state index contributed by atoms with van der Waals surface area (Å²) in [4.78, 5) is 28.0. The first-order valence-electron chi connectivity index (χ1n) is 11.7. The maximum Gasteiger partial charge on any atom is 0.303 e. The van der Waals surface area contributed by atoms with E-state index in [2.05, 4.69) is 15.0 Å². The summed E-state index contributed by atoms with van der Waals surface area (Å²) < 4.78 is 48.2. The number of benzene rings is 1. The third-order valence-electron chi connectivity index (χ3n) is 6.17. The van der Waals surface area contributed by atoms with Crippen LogP contribution in [-0.2, 0) is 20.6 Å². The number of unbranched alkanes of at least 4 members (excludes halogenated alkanes) is 1. The molecule has 0 bridgehead atoms. The van der Waals surface area contributed by atoms with Gasteiger partial charge in [0.05, 0.1) is 16.6 Å². The summed E-state index contributed by atoms with van der Waals surface area (Å²) in [6, 6.07) is 6.31. The lowest BCUT2D eigenvalue weighted by molar-refractivity contribution is -0.137. The number of aromatic nitrogens is 1. The number of pyridine rings is 1. The maximum absolute atomic E-state index is 14.3. The molecule has 1 aliphatic carbocycles. The number of aryl methyl sites for hydroxylation is 1. The normalized spacial score (nSPS) is 13.8. The Morgan fingerprint density at radius 3 is 2.61 bits per heavy atom. The molecule has 0 radical (unpaired) electrons. The molecule has 1 aliphatic rings. The highest BCUT2D eigenvalue weighted by molar-refractivity contribution is 7.88. The Labute approximate surface area is 208 Å². The summed E-state index contributed by atoms with van der Waals surface area (Å²) >= 11 is 0. The van der Waals surface area contributed by atoms with Crippen LogP contribution in [-0.4, -0.2) is 44.0 Å². The number of carbonyl (C=O) groups is 2. The molecule has 1 amide bonds. The number of rotatable bonds is 11. The average molecular weight is 518 g/mol. The number of carboxylic acid groups (broad SMARTS) is 1. The highest BCUT2D eigenvalue weighted by atomic mass is 32.2. The predicted octanol–water partition coefficient (Wildman–Crippen LogP) is 3.85. The van der Waals surface area contributed by atoms with E-state index >= 15 is 0 Å². The summed E-state index contributed by atoms with van der Waals surface area (Å²) in [7, 11) is -2.26. The standard InChI is InChI=1S/C25H28FN3O6S/c1-14-6-7-16(11-19(14)26)23-22(24(32)27-2)18-12-17(15-8-9-15)20(29-25(18)35-23)13-36(33,34)28-10-4-3-5-21(30)31/h6-7,11-12,15,28H,3-5,8-10,13H2,1-2H3,(H,27,32)(H,30,31). The first kappa shape index (κ1) is 25.8. The molecule has 1 aromatic carbocycles. The number of halogens is 1. The van der Waals surface area contributed by atoms with Crippen LogP contribution in [0.15, 0.2) is 28.7 Å². The van der Waals surface area contributed by atoms with E-state index in [4.69, 9.17) is 9.52 Å². The number of hydrogen-bond acceptors (Lipinski definition) is 6. The van der Waals surface area contributed by atoms with Crippen LogP contribution in [0.5, 0.6) is 0 Å². The molecule has 2 aromatic heterocycles. The van der Waals surface area contributed by atoms with E-state index < -0.39 is 27.7 Å². The summed E-state index contributed by atoms with van der Waals surface area (Å²) in [6.07, 6.45) is 2.51. The van der Waals surface area contributed by atoms with E-state index in [0.717, 1.165) is 18.4 Å². The van der Waals surface area contributed by atoms with Crippen LogP contribution in [0.25, 0.3) is 22.4 Å². The van der Waals surface area contributed by atoms with E-state index in [1.54, 1.807) is 25.1 Å². The van der Waals surface area contributed by atoms with Crippen molar-refractivity contribution < 1.29 is 31.9 Å². The van der Waals surface area contributed by atoms with Gasteiger partial charge in [0, 0.05) is 25.6 Å². The second-order valence-corrected chi connectivity index (χ2v) is 10.8. The minimum Gasteiger partial charge on any atom is -0.481 e. The van der Waals surface area contributed by atoms with Gasteiger partial charge in [-0.1, -0.05) is 12.1 Å². The lowest BCUT2D eigenvalue weighted by Gasteiger charge is -2.10. The number of nitrogens with zero attached hydrogens (tertiary/aromatic N) is 1. The number of carbonyl (C=O) groups excluding carboxylic acids is 1. The summed E-state index contributed by atoms with van der Waals surface area (Å²) in [5, 5.41) is 11.7. The molecule has 9 nitrogen and oxygen atoms in total. The van der Waals surface area contributed by atoms with Gasteiger partial charge in [0.15, 0.2) is 0 Å². The highest BCUT2D eigenvalue weighted by Gasteiger charge is 2.32. The van der Waals surface area contributed by atoms with Crippen molar-refractivity contribution in [1.82, 2.24) is 15.0 Å². The minimum absolute atomic E-state index is 0.0227. The fourth-order valence-corrected chi connectivity index (χ4v) is 5.23. The highest BCUT2D eigenvalue weighted by Crippen LogP contribution is 2.44. The Morgan fingerprint density at radius 2 is 1.97 bits per heavy atom. The van der Waals surface area contributed by atoms with E-state index in [1.165, 1.54) is 13.1 Å². The van der Waals surface area contributed by atoms with Crippen LogP contribution in [0.3, 0.4) is 0 Å². The number of furan rings is 1. The van der Waals surface area contributed by atoms with Crippen molar-refractivity contribution in [2.75, 3.05) is 13.6 Å². The molecule has 0 atom stereocenters. The second-order valence-electron chi connectivity index (χ2n) is 9.00. The molecule has 4 rings (SSSR count). The van der Waals surface area contributed by atoms with Crippen molar-refractivity contribution in [3.8, 4) is 11.3 Å². The van der Waals surface area contributed by atoms with Gasteiger partial charge < -0.3 is 14.8 Å². The van der Waals surface area contributed by atoms with Gasteiger partial charge in [0.25, 0.3) is 5.91 Å². The maximum atomic E-state index is 14.3. The van der Waals surface area contributed by atoms with Gasteiger partial charge in [0.2, 0.25) is 15.7 Å². The Hall–Kier alpha value is -3.31. The van der Waals surface area contributed by atoms with Gasteiger partial charge in [-0.3, -0.25) is 9.59 Å². The molecule has 3 aromatic rings. The average Bonchev–Trinajstić information content (AvgIpc) is 3.59. The number of aliphatic carboxylic acids is 1. The molecule has 2 heterocycles. The topological polar surface area (TPSA) is 139 Å². The van der Waals surface area contributed by atoms with Gasteiger partial charge >= 0.3 is 5.97 Å². The molecule has 11 heteroatoms. The molecule has 36 heavy (non-hydrogen) atoms. The van der Waals surface area contributed by atoms with Gasteiger partial charge in [-0.15, -0.1) is 0 Å². The lowest BCUT2D eigenvalue weighted by Crippen LogP contribution is -2.27. The van der Waals surface area contributed by atoms with Crippen LogP contribution in [0, 0.1) is 12.7 Å². The van der Waals surface area contributed by atoms with Crippen LogP contribution in [0.4, 0.5) is 4.39 Å². The zero-order valence-electron chi connectivity index (χ0n) is 20.1. The first-order valence-corrected chi connectivity index (χ1v) is 13.4. The first-order chi connectivity index (χ1) is 17.1. The van der Waals surface area contributed by atoms with Crippen molar-refractivity contribution >= 4 is 33.0 Å². The molecule has 192 valence electrons. The van der Waals surface area contributed by atoms with E-state index in [1.807, 2.05) is 0 Å². The zero-order valence-corrected chi connectivity index (χ0v) is 20.9. The number of carboxylic acids is 1. The lowest BCUT2D eigenvalue weighted by atomic mass is 10.0. The third-order valence-corrected chi connectivity index (χ3v) is 7.46. The van der Waals surface area contributed by atoms with Gasteiger partial charge in [-0.05, 0) is 61.8 Å². The molecule has 0 saturated heterocycles. The second kappa shape index (κ2) is 10.4. The van der Waals surface area contributed by atoms with Crippen LogP contribution < -0.4 is 10.0 Å². The number of amides is 1. The molecule has 1 fully saturated rings. The molecule has 0 aliphatic heterocycles. The van der Waals surface area contributed by atoms with Crippen LogP contribution in [0.1, 0.15) is 65.2 Å². The fraction of sp³-hybridized carbons (Fsp3) is 0.400. The van der Waals surface area contributed by atoms with Crippen molar-refractivity contribution in [2.45, 2.75) is 50.7 Å². The van der Waals surface area contributed by atoms with Crippen molar-refractivity contribution in [2.24, 2.45) is 0 Å². The molecule has 0 spiro atoms. The minimum atomic E-state index is -3.75. The zero-order chi connectivity index (χ0) is 26.0. The SMILES string of the molecule is CNC(=O)c1c(-c2ccc(C)c(F)c2)oc2nc(CS(=O)(=O)NCCCCC(=O)O)c(C3CC3)cc12. The third kappa shape index (κ3) is 5.73. The molecular formula is C25H28FN3O6S. The largest absolute Gasteiger partial charge is 0.481 e. The Kier molecular flexibility index (Phi) is 7.41. The summed E-state index contributed by atoms with van der Waals surface area (Å²) in [6.45, 7) is 1.76. The van der Waals surface area contributed by atoms with Gasteiger partial charge in [-0.25, -0.2) is 22.5 Å². The van der Waals surface area contributed by atoms with Crippen LogP contribution >= 0.6 is 0 Å². The number of hydrogen-bond donors (Lipinski definition) is 3. The smallest absolute Gasteiger partial charge is 0.303 e. The number of sulfonamides is 1. The summed E-state index contributed by atoms with van der Waals surface area (Å²) in [5.74, 6) is -1.87. The Balaban J connectivity index is 1.71. The van der Waals surface area contributed by atoms with E-state index in [9.17, 15) is 22.4 Å². The predicted molar refractivity (Wildman–Crippen MR) is 132 cm³/mol. The monoisotopic (exact) mass is 517 g/mol. The molecule has 3 N–H and O–H groups in total. The van der Waals surface area contributed by atoms with E-state index in [0.29, 0.717) is 35.0 Å². The van der Waals surface area contributed by atoms with Crippen molar-refractivity contribution in [1.29, 1.82) is 0 Å². The van der Waals surface area contributed by atoms with E-state index in [-0.39, 0.29) is 41.7 Å². The molecule has 0 unspecified atom stereocenters. The number of fused-ring (bicyclic) bond motifs is 1. The molecule has 1 saturated carbocycles. The Bertz CT molecular complexity index is 1430. The quantitative estimate of drug-likeness (QED) is 0.328. The summed E-state index contributed by atoms with van der Waals surface area (Å²) in [5.41, 5.74) is 2.22. The van der Waals surface area contributed by atoms with Crippen molar-refractivity contribution in [3.05, 3.63) is 52.5 Å². The number of nitrogens with one attached hydrogen (secondary N) is 2. The van der Waals surface area contributed by atoms with Crippen LogP contribution in [0.2, 0.25) is 0 Å².